The van der Waals surface area contributed by atoms with E-state index >= 15 is 0 Å². The molecule has 0 radical (unpaired) electrons. The molecular formula is C22H31FIN5O2. The molecule has 7 nitrogen and oxygen atoms in total. The molecule has 170 valence electrons. The second-order valence-corrected chi connectivity index (χ2v) is 6.50. The average molecular weight is 543 g/mol. The lowest BCUT2D eigenvalue weighted by molar-refractivity contribution is -0.130. The first-order valence-corrected chi connectivity index (χ1v) is 10.2. The number of aliphatic imine (C=N–C) groups is 1. The van der Waals surface area contributed by atoms with Crippen LogP contribution in [0.15, 0.2) is 47.6 Å². The van der Waals surface area contributed by atoms with Crippen molar-refractivity contribution >= 4 is 35.8 Å². The molecule has 0 fully saturated rings. The molecule has 2 N–H and O–H groups in total. The average Bonchev–Trinajstić information content (AvgIpc) is 2.75. The van der Waals surface area contributed by atoms with Gasteiger partial charge < -0.3 is 20.3 Å². The third-order valence-corrected chi connectivity index (χ3v) is 4.35. The van der Waals surface area contributed by atoms with E-state index in [-0.39, 0.29) is 35.7 Å². The summed E-state index contributed by atoms with van der Waals surface area (Å²) in [5, 5.41) is 6.37. The smallest absolute Gasteiger partial charge is 0.224 e. The highest BCUT2D eigenvalue weighted by molar-refractivity contribution is 14.0. The lowest BCUT2D eigenvalue weighted by atomic mass is 10.2. The molecule has 0 aliphatic carbocycles. The van der Waals surface area contributed by atoms with E-state index in [9.17, 15) is 9.18 Å². The van der Waals surface area contributed by atoms with E-state index in [1.165, 1.54) is 12.1 Å². The number of benzene rings is 1. The van der Waals surface area contributed by atoms with Gasteiger partial charge in [0.25, 0.3) is 0 Å². The molecule has 1 amide bonds. The molecule has 2 aromatic rings. The van der Waals surface area contributed by atoms with Gasteiger partial charge in [0.2, 0.25) is 11.8 Å². The molecule has 1 aromatic heterocycles. The van der Waals surface area contributed by atoms with Gasteiger partial charge in [-0.15, -0.1) is 24.0 Å². The second-order valence-electron chi connectivity index (χ2n) is 6.50. The molecule has 0 aliphatic rings. The van der Waals surface area contributed by atoms with Crippen LogP contribution >= 0.6 is 24.0 Å². The van der Waals surface area contributed by atoms with Crippen LogP contribution in [0.5, 0.6) is 11.6 Å². The molecule has 0 spiro atoms. The number of pyridine rings is 1. The van der Waals surface area contributed by atoms with E-state index < -0.39 is 0 Å². The van der Waals surface area contributed by atoms with Gasteiger partial charge in [0.15, 0.2) is 5.96 Å². The molecule has 1 heterocycles. The zero-order chi connectivity index (χ0) is 21.8. The second kappa shape index (κ2) is 14.6. The van der Waals surface area contributed by atoms with Crippen molar-refractivity contribution in [1.82, 2.24) is 20.5 Å². The fourth-order valence-electron chi connectivity index (χ4n) is 2.76. The Morgan fingerprint density at radius 2 is 1.84 bits per heavy atom. The molecule has 31 heavy (non-hydrogen) atoms. The Labute approximate surface area is 200 Å². The number of carbonyl (C=O) groups is 1. The maximum Gasteiger partial charge on any atom is 0.224 e. The number of aromatic nitrogens is 1. The van der Waals surface area contributed by atoms with Gasteiger partial charge in [-0.1, -0.05) is 0 Å². The Morgan fingerprint density at radius 3 is 2.48 bits per heavy atom. The number of rotatable bonds is 10. The monoisotopic (exact) mass is 543 g/mol. The number of hydrogen-bond acceptors (Lipinski definition) is 4. The van der Waals surface area contributed by atoms with Gasteiger partial charge in [0.05, 0.1) is 6.54 Å². The normalized spacial score (nSPS) is 10.8. The predicted molar refractivity (Wildman–Crippen MR) is 131 cm³/mol. The van der Waals surface area contributed by atoms with Crippen LogP contribution in [-0.4, -0.2) is 47.9 Å². The highest BCUT2D eigenvalue weighted by Gasteiger charge is 2.09. The highest BCUT2D eigenvalue weighted by atomic mass is 127. The third kappa shape index (κ3) is 9.50. The number of nitrogens with one attached hydrogen (secondary N) is 2. The molecule has 0 saturated heterocycles. The topological polar surface area (TPSA) is 78.9 Å². The van der Waals surface area contributed by atoms with Gasteiger partial charge in [0, 0.05) is 44.9 Å². The lowest BCUT2D eigenvalue weighted by Gasteiger charge is -2.19. The summed E-state index contributed by atoms with van der Waals surface area (Å²) in [5.74, 6) is 1.37. The van der Waals surface area contributed by atoms with E-state index in [0.29, 0.717) is 56.7 Å². The third-order valence-electron chi connectivity index (χ3n) is 4.35. The summed E-state index contributed by atoms with van der Waals surface area (Å²) < 4.78 is 18.7. The van der Waals surface area contributed by atoms with Crippen molar-refractivity contribution in [2.75, 3.05) is 26.2 Å². The Bertz CT molecular complexity index is 829. The molecular weight excluding hydrogens is 512 g/mol. The summed E-state index contributed by atoms with van der Waals surface area (Å²) in [6, 6.07) is 9.42. The summed E-state index contributed by atoms with van der Waals surface area (Å²) >= 11 is 0. The maximum absolute atomic E-state index is 13.0. The number of nitrogens with zero attached hydrogens (tertiary/aromatic N) is 3. The number of carbonyl (C=O) groups excluding carboxylic acids is 1. The summed E-state index contributed by atoms with van der Waals surface area (Å²) in [4.78, 5) is 22.7. The zero-order valence-corrected chi connectivity index (χ0v) is 20.6. The minimum absolute atomic E-state index is 0. The van der Waals surface area contributed by atoms with Crippen LogP contribution in [0.2, 0.25) is 0 Å². The van der Waals surface area contributed by atoms with Gasteiger partial charge in [-0.25, -0.2) is 14.4 Å². The minimum atomic E-state index is -0.319. The van der Waals surface area contributed by atoms with Gasteiger partial charge >= 0.3 is 0 Å². The predicted octanol–water partition coefficient (Wildman–Crippen LogP) is 3.94. The molecule has 0 atom stereocenters. The first-order valence-electron chi connectivity index (χ1n) is 10.2. The summed E-state index contributed by atoms with van der Waals surface area (Å²) in [7, 11) is 0. The number of guanidine groups is 1. The Kier molecular flexibility index (Phi) is 12.5. The largest absolute Gasteiger partial charge is 0.439 e. The zero-order valence-electron chi connectivity index (χ0n) is 18.2. The number of ether oxygens (including phenoxy) is 1. The molecule has 0 unspecified atom stereocenters. The van der Waals surface area contributed by atoms with Crippen LogP contribution in [0.3, 0.4) is 0 Å². The standard InChI is InChI=1S/C22H30FN5O2.HI/c1-4-24-22(26-14-12-21(29)28(5-2)6-3)27-16-17-11-13-25-20(15-17)30-19-9-7-18(23)8-10-19;/h7-11,13,15H,4-6,12,14,16H2,1-3H3,(H2,24,26,27);1H. The molecule has 2 rings (SSSR count). The van der Waals surface area contributed by atoms with Crippen LogP contribution in [0.1, 0.15) is 32.8 Å². The lowest BCUT2D eigenvalue weighted by Crippen LogP contribution is -2.40. The Morgan fingerprint density at radius 1 is 1.13 bits per heavy atom. The van der Waals surface area contributed by atoms with Gasteiger partial charge in [-0.05, 0) is 56.7 Å². The van der Waals surface area contributed by atoms with E-state index in [2.05, 4.69) is 20.6 Å². The number of amides is 1. The van der Waals surface area contributed by atoms with Gasteiger partial charge in [0.1, 0.15) is 11.6 Å². The van der Waals surface area contributed by atoms with Crippen LogP contribution in [0.25, 0.3) is 0 Å². The molecule has 0 bridgehead atoms. The first kappa shape index (κ1) is 26.6. The van der Waals surface area contributed by atoms with E-state index in [1.54, 1.807) is 24.4 Å². The minimum Gasteiger partial charge on any atom is -0.439 e. The van der Waals surface area contributed by atoms with Crippen molar-refractivity contribution in [3.05, 3.63) is 54.0 Å². The van der Waals surface area contributed by atoms with Crippen molar-refractivity contribution in [2.45, 2.75) is 33.7 Å². The van der Waals surface area contributed by atoms with Crippen molar-refractivity contribution < 1.29 is 13.9 Å². The van der Waals surface area contributed by atoms with E-state index in [1.807, 2.05) is 31.7 Å². The van der Waals surface area contributed by atoms with Crippen molar-refractivity contribution in [1.29, 1.82) is 0 Å². The maximum atomic E-state index is 13.0. The SMILES string of the molecule is CCNC(=NCc1ccnc(Oc2ccc(F)cc2)c1)NCCC(=O)N(CC)CC.I. The van der Waals surface area contributed by atoms with Crippen molar-refractivity contribution in [3.63, 3.8) is 0 Å². The van der Waals surface area contributed by atoms with Crippen LogP contribution < -0.4 is 15.4 Å². The fraction of sp³-hybridized carbons (Fsp3) is 0.409. The summed E-state index contributed by atoms with van der Waals surface area (Å²) in [6.45, 7) is 9.01. The van der Waals surface area contributed by atoms with Crippen LogP contribution in [0.4, 0.5) is 4.39 Å². The molecule has 1 aromatic carbocycles. The van der Waals surface area contributed by atoms with Gasteiger partial charge in [-0.2, -0.15) is 0 Å². The van der Waals surface area contributed by atoms with Crippen molar-refractivity contribution in [2.24, 2.45) is 4.99 Å². The summed E-state index contributed by atoms with van der Waals surface area (Å²) in [5.41, 5.74) is 0.915. The quantitative estimate of drug-likeness (QED) is 0.270. The van der Waals surface area contributed by atoms with Crippen LogP contribution in [-0.2, 0) is 11.3 Å². The van der Waals surface area contributed by atoms with Crippen LogP contribution in [0, 0.1) is 5.82 Å². The Balaban J connectivity index is 0.00000480. The summed E-state index contributed by atoms with van der Waals surface area (Å²) in [6.07, 6.45) is 2.06. The number of hydrogen-bond donors (Lipinski definition) is 2. The highest BCUT2D eigenvalue weighted by Crippen LogP contribution is 2.20. The molecule has 0 saturated carbocycles. The molecule has 9 heteroatoms. The van der Waals surface area contributed by atoms with E-state index in [0.717, 1.165) is 5.56 Å². The number of halogens is 2. The van der Waals surface area contributed by atoms with Gasteiger partial charge in [-0.3, -0.25) is 4.79 Å². The van der Waals surface area contributed by atoms with Crippen molar-refractivity contribution in [3.8, 4) is 11.6 Å². The Hall–Kier alpha value is -2.43. The fourth-order valence-corrected chi connectivity index (χ4v) is 2.76. The molecule has 0 aliphatic heterocycles. The first-order chi connectivity index (χ1) is 14.5. The van der Waals surface area contributed by atoms with E-state index in [4.69, 9.17) is 4.74 Å².